The molecule has 1 saturated carbocycles. The van der Waals surface area contributed by atoms with Crippen molar-refractivity contribution in [2.45, 2.75) is 26.8 Å². The highest BCUT2D eigenvalue weighted by Crippen LogP contribution is 2.50. The Balaban J connectivity index is 1.69. The van der Waals surface area contributed by atoms with Crippen LogP contribution in [0, 0.1) is 11.3 Å². The zero-order valence-electron chi connectivity index (χ0n) is 8.99. The monoisotopic (exact) mass is 195 g/mol. The number of rotatable bonds is 4. The van der Waals surface area contributed by atoms with Crippen molar-refractivity contribution in [3.05, 3.63) is 5.82 Å². The first-order chi connectivity index (χ1) is 6.58. The van der Waals surface area contributed by atoms with Gasteiger partial charge in [0.15, 0.2) is 5.82 Å². The highest BCUT2D eigenvalue weighted by atomic mass is 15.6. The third-order valence-electron chi connectivity index (χ3n) is 2.94. The zero-order valence-corrected chi connectivity index (χ0v) is 8.99. The van der Waals surface area contributed by atoms with Gasteiger partial charge in [0.2, 0.25) is 0 Å². The third-order valence-corrected chi connectivity index (χ3v) is 2.94. The maximum Gasteiger partial charge on any atom is 0.188 e. The molecule has 1 heterocycles. The average Bonchev–Trinajstić information content (AvgIpc) is 2.53. The van der Waals surface area contributed by atoms with Gasteiger partial charge in [0, 0.05) is 0 Å². The van der Waals surface area contributed by atoms with Gasteiger partial charge in [0.25, 0.3) is 0 Å². The van der Waals surface area contributed by atoms with Crippen molar-refractivity contribution in [2.24, 2.45) is 18.4 Å². The summed E-state index contributed by atoms with van der Waals surface area (Å²) in [6, 6.07) is 0. The van der Waals surface area contributed by atoms with Gasteiger partial charge in [-0.25, -0.2) is 0 Å². The summed E-state index contributed by atoms with van der Waals surface area (Å²) in [6.07, 6.45) is 1.33. The number of hydrogen-bond acceptors (Lipinski definition) is 4. The molecule has 1 aromatic rings. The van der Waals surface area contributed by atoms with Gasteiger partial charge in [-0.15, -0.1) is 10.2 Å². The molecule has 1 N–H and O–H groups in total. The van der Waals surface area contributed by atoms with Crippen molar-refractivity contribution in [3.8, 4) is 0 Å². The maximum atomic E-state index is 4.10. The topological polar surface area (TPSA) is 55.6 Å². The second-order valence-corrected chi connectivity index (χ2v) is 4.72. The van der Waals surface area contributed by atoms with Crippen molar-refractivity contribution < 1.29 is 0 Å². The predicted molar refractivity (Wildman–Crippen MR) is 52.4 cm³/mol. The fourth-order valence-corrected chi connectivity index (χ4v) is 1.68. The maximum absolute atomic E-state index is 4.10. The number of aromatic nitrogens is 4. The lowest BCUT2D eigenvalue weighted by Gasteiger charge is -2.03. The summed E-state index contributed by atoms with van der Waals surface area (Å²) in [6.45, 7) is 6.39. The van der Waals surface area contributed by atoms with E-state index in [-0.39, 0.29) is 0 Å². The smallest absolute Gasteiger partial charge is 0.188 e. The van der Waals surface area contributed by atoms with Crippen molar-refractivity contribution in [1.29, 1.82) is 0 Å². The van der Waals surface area contributed by atoms with Crippen LogP contribution in [0.1, 0.15) is 26.1 Å². The SMILES string of the molecule is Cn1nnc(CNCC2CC2(C)C)n1. The van der Waals surface area contributed by atoms with Crippen molar-refractivity contribution in [2.75, 3.05) is 6.54 Å². The summed E-state index contributed by atoms with van der Waals surface area (Å²) in [4.78, 5) is 1.48. The average molecular weight is 195 g/mol. The fourth-order valence-electron chi connectivity index (χ4n) is 1.68. The molecule has 1 fully saturated rings. The van der Waals surface area contributed by atoms with Gasteiger partial charge >= 0.3 is 0 Å². The Hall–Kier alpha value is -0.970. The van der Waals surface area contributed by atoms with E-state index in [9.17, 15) is 0 Å². The van der Waals surface area contributed by atoms with Crippen LogP contribution in [0.5, 0.6) is 0 Å². The van der Waals surface area contributed by atoms with E-state index in [0.717, 1.165) is 24.8 Å². The van der Waals surface area contributed by atoms with Gasteiger partial charge in [-0.1, -0.05) is 13.8 Å². The van der Waals surface area contributed by atoms with Gasteiger partial charge < -0.3 is 5.32 Å². The highest BCUT2D eigenvalue weighted by molar-refractivity contribution is 4.96. The first-order valence-corrected chi connectivity index (χ1v) is 5.01. The lowest BCUT2D eigenvalue weighted by Crippen LogP contribution is -2.19. The molecule has 1 aliphatic rings. The van der Waals surface area contributed by atoms with E-state index in [0.29, 0.717) is 5.41 Å². The molecule has 0 spiro atoms. The molecule has 0 aliphatic heterocycles. The Bertz CT molecular complexity index is 317. The summed E-state index contributed by atoms with van der Waals surface area (Å²) in [5.41, 5.74) is 0.544. The van der Waals surface area contributed by atoms with Crippen LogP contribution in [0.4, 0.5) is 0 Å². The summed E-state index contributed by atoms with van der Waals surface area (Å²) in [5.74, 6) is 1.59. The van der Waals surface area contributed by atoms with Crippen LogP contribution in [0.3, 0.4) is 0 Å². The zero-order chi connectivity index (χ0) is 10.2. The standard InChI is InChI=1S/C9H17N5/c1-9(2)4-7(9)5-10-6-8-11-13-14(3)12-8/h7,10H,4-6H2,1-3H3. The molecule has 2 rings (SSSR count). The molecule has 1 atom stereocenters. The van der Waals surface area contributed by atoms with E-state index in [4.69, 9.17) is 0 Å². The van der Waals surface area contributed by atoms with Crippen LogP contribution in [0.25, 0.3) is 0 Å². The molecule has 1 aliphatic carbocycles. The quantitative estimate of drug-likeness (QED) is 0.753. The van der Waals surface area contributed by atoms with E-state index in [1.807, 2.05) is 0 Å². The molecule has 5 nitrogen and oxygen atoms in total. The van der Waals surface area contributed by atoms with Crippen LogP contribution in [0.15, 0.2) is 0 Å². The largest absolute Gasteiger partial charge is 0.309 e. The van der Waals surface area contributed by atoms with Crippen molar-refractivity contribution >= 4 is 0 Å². The molecular formula is C9H17N5. The molecular weight excluding hydrogens is 178 g/mol. The third kappa shape index (κ3) is 2.09. The normalized spacial score (nSPS) is 23.8. The van der Waals surface area contributed by atoms with E-state index in [1.54, 1.807) is 7.05 Å². The van der Waals surface area contributed by atoms with Crippen LogP contribution in [0.2, 0.25) is 0 Å². The molecule has 0 saturated heterocycles. The van der Waals surface area contributed by atoms with Crippen molar-refractivity contribution in [1.82, 2.24) is 25.5 Å². The van der Waals surface area contributed by atoms with E-state index in [2.05, 4.69) is 34.6 Å². The molecule has 0 amide bonds. The summed E-state index contributed by atoms with van der Waals surface area (Å²) in [5, 5.41) is 15.1. The molecule has 0 aromatic carbocycles. The van der Waals surface area contributed by atoms with Gasteiger partial charge in [0.1, 0.15) is 0 Å². The lowest BCUT2D eigenvalue weighted by atomic mass is 10.1. The van der Waals surface area contributed by atoms with E-state index in [1.165, 1.54) is 11.2 Å². The number of nitrogens with zero attached hydrogens (tertiary/aromatic N) is 4. The Morgan fingerprint density at radius 1 is 1.57 bits per heavy atom. The first-order valence-electron chi connectivity index (χ1n) is 5.01. The van der Waals surface area contributed by atoms with Crippen LogP contribution >= 0.6 is 0 Å². The second kappa shape index (κ2) is 3.31. The Morgan fingerprint density at radius 2 is 2.29 bits per heavy atom. The first kappa shape index (κ1) is 9.58. The number of tetrazole rings is 1. The Kier molecular flexibility index (Phi) is 2.26. The Morgan fingerprint density at radius 3 is 2.79 bits per heavy atom. The van der Waals surface area contributed by atoms with Crippen LogP contribution in [-0.4, -0.2) is 26.8 Å². The predicted octanol–water partition coefficient (Wildman–Crippen LogP) is 0.346. The van der Waals surface area contributed by atoms with Crippen LogP contribution < -0.4 is 5.32 Å². The minimum absolute atomic E-state index is 0.544. The minimum Gasteiger partial charge on any atom is -0.309 e. The number of aryl methyl sites for hydroxylation is 1. The highest BCUT2D eigenvalue weighted by Gasteiger charge is 2.44. The Labute approximate surface area is 83.9 Å². The lowest BCUT2D eigenvalue weighted by molar-refractivity contribution is 0.514. The minimum atomic E-state index is 0.544. The fraction of sp³-hybridized carbons (Fsp3) is 0.889. The number of hydrogen-bond donors (Lipinski definition) is 1. The molecule has 0 bridgehead atoms. The van der Waals surface area contributed by atoms with Gasteiger partial charge in [-0.2, -0.15) is 4.80 Å². The van der Waals surface area contributed by atoms with Crippen LogP contribution in [-0.2, 0) is 13.6 Å². The molecule has 5 heteroatoms. The molecule has 0 radical (unpaired) electrons. The summed E-state index contributed by atoms with van der Waals surface area (Å²) < 4.78 is 0. The molecule has 1 aromatic heterocycles. The van der Waals surface area contributed by atoms with Gasteiger partial charge in [-0.3, -0.25) is 0 Å². The van der Waals surface area contributed by atoms with Gasteiger partial charge in [-0.05, 0) is 29.5 Å². The second-order valence-electron chi connectivity index (χ2n) is 4.72. The molecule has 78 valence electrons. The number of nitrogens with one attached hydrogen (secondary N) is 1. The van der Waals surface area contributed by atoms with Gasteiger partial charge in [0.05, 0.1) is 13.6 Å². The van der Waals surface area contributed by atoms with E-state index < -0.39 is 0 Å². The van der Waals surface area contributed by atoms with Crippen molar-refractivity contribution in [3.63, 3.8) is 0 Å². The summed E-state index contributed by atoms with van der Waals surface area (Å²) >= 11 is 0. The summed E-state index contributed by atoms with van der Waals surface area (Å²) in [7, 11) is 1.78. The molecule has 14 heavy (non-hydrogen) atoms. The van der Waals surface area contributed by atoms with E-state index >= 15 is 0 Å². The molecule has 1 unspecified atom stereocenters.